The van der Waals surface area contributed by atoms with Crippen LogP contribution in [0.25, 0.3) is 0 Å². The van der Waals surface area contributed by atoms with Gasteiger partial charge in [-0.1, -0.05) is 30.3 Å². The van der Waals surface area contributed by atoms with E-state index in [1.807, 2.05) is 0 Å². The lowest BCUT2D eigenvalue weighted by molar-refractivity contribution is -0.270. The molecule has 3 aliphatic rings. The van der Waals surface area contributed by atoms with Crippen molar-refractivity contribution >= 4 is 35.8 Å². The molecule has 21 nitrogen and oxygen atoms in total. The van der Waals surface area contributed by atoms with Gasteiger partial charge < -0.3 is 52.1 Å². The lowest BCUT2D eigenvalue weighted by Gasteiger charge is -2.36. The minimum absolute atomic E-state index is 0.287. The summed E-state index contributed by atoms with van der Waals surface area (Å²) in [7, 11) is 0. The highest BCUT2D eigenvalue weighted by Gasteiger charge is 2.62. The van der Waals surface area contributed by atoms with Crippen molar-refractivity contribution < 1.29 is 80.9 Å². The number of benzene rings is 1. The molecule has 3 fully saturated rings. The van der Waals surface area contributed by atoms with Crippen LogP contribution in [0.5, 0.6) is 0 Å². The largest absolute Gasteiger partial charge is 0.462 e. The van der Waals surface area contributed by atoms with Gasteiger partial charge in [-0.15, -0.1) is 0 Å². The molecule has 5 rings (SSSR count). The first-order valence-electron chi connectivity index (χ1n) is 18.4. The number of nitrogens with one attached hydrogen (secondary N) is 1. The summed E-state index contributed by atoms with van der Waals surface area (Å²) in [5, 5.41) is 0. The molecule has 10 atom stereocenters. The Balaban J connectivity index is 1.55. The second kappa shape index (κ2) is 18.6. The van der Waals surface area contributed by atoms with Crippen molar-refractivity contribution in [3.05, 3.63) is 69.0 Å². The van der Waals surface area contributed by atoms with Crippen LogP contribution in [0, 0.1) is 0 Å². The molecule has 1 N–H and O–H groups in total. The molecular formula is C38H46N2O19. The maximum Gasteiger partial charge on any atom is 0.367 e. The van der Waals surface area contributed by atoms with E-state index in [0.717, 1.165) is 45.3 Å². The molecule has 21 heteroatoms. The Labute approximate surface area is 336 Å². The van der Waals surface area contributed by atoms with E-state index in [-0.39, 0.29) is 6.61 Å². The number of H-pyrrole nitrogens is 1. The van der Waals surface area contributed by atoms with Gasteiger partial charge in [-0.2, -0.15) is 0 Å². The number of ether oxygens (including phenoxy) is 11. The Morgan fingerprint density at radius 2 is 1.47 bits per heavy atom. The van der Waals surface area contributed by atoms with Gasteiger partial charge in [0, 0.05) is 46.9 Å². The lowest BCUT2D eigenvalue weighted by atomic mass is 9.97. The predicted octanol–water partition coefficient (Wildman–Crippen LogP) is 0.489. The third-order valence-electron chi connectivity index (χ3n) is 9.12. The molecule has 0 spiro atoms. The standard InChI is InChI=1S/C38H46N2O19/c1-19(41)49-17-26(53-21(3)43)29(54-22(4)44)32(55-23(5)45)30-25(52-20(2)42)15-38(59-30,35(47)50-16-24-11-9-8-10-12-24)51-18-27-31-33(58-37(6,7)57-31)34(56-27)40-14-13-28(46)39-36(40)48/h8-14,25-27,29-34H,15-18H2,1-7H3,(H,39,46,48)/t25-,26+,27+,29+,30-,31+,32-,33+,34+,38?/m0/s1. The number of hydrogen-bond donors (Lipinski definition) is 1. The normalized spacial score (nSPS) is 27.0. The molecule has 0 amide bonds. The van der Waals surface area contributed by atoms with Crippen LogP contribution in [0.1, 0.15) is 66.7 Å². The fourth-order valence-corrected chi connectivity index (χ4v) is 6.97. The van der Waals surface area contributed by atoms with Crippen LogP contribution in [0.15, 0.2) is 52.2 Å². The highest BCUT2D eigenvalue weighted by Crippen LogP contribution is 2.45. The van der Waals surface area contributed by atoms with Crippen LogP contribution in [0.2, 0.25) is 0 Å². The van der Waals surface area contributed by atoms with Gasteiger partial charge in [-0.25, -0.2) is 9.59 Å². The first-order valence-corrected chi connectivity index (χ1v) is 18.4. The zero-order valence-electron chi connectivity index (χ0n) is 33.3. The molecule has 0 aliphatic carbocycles. The summed E-state index contributed by atoms with van der Waals surface area (Å²) in [6, 6.07) is 9.67. The first-order chi connectivity index (χ1) is 27.8. The Kier molecular flexibility index (Phi) is 14.1. The van der Waals surface area contributed by atoms with Gasteiger partial charge in [0.25, 0.3) is 11.3 Å². The fraction of sp³-hybridized carbons (Fsp3) is 0.579. The highest BCUT2D eigenvalue weighted by atomic mass is 16.8. The van der Waals surface area contributed by atoms with Crippen LogP contribution >= 0.6 is 0 Å². The molecule has 1 unspecified atom stereocenters. The Morgan fingerprint density at radius 3 is 2.08 bits per heavy atom. The molecule has 2 aromatic rings. The van der Waals surface area contributed by atoms with Crippen molar-refractivity contribution in [2.75, 3.05) is 13.2 Å². The van der Waals surface area contributed by atoms with Gasteiger partial charge in [-0.05, 0) is 19.4 Å². The first kappa shape index (κ1) is 44.6. The second-order valence-electron chi connectivity index (χ2n) is 14.3. The molecule has 322 valence electrons. The molecule has 3 saturated heterocycles. The lowest BCUT2D eigenvalue weighted by Crippen LogP contribution is -2.55. The fourth-order valence-electron chi connectivity index (χ4n) is 6.97. The summed E-state index contributed by atoms with van der Waals surface area (Å²) in [4.78, 5) is 103. The van der Waals surface area contributed by atoms with Gasteiger partial charge in [0.15, 0.2) is 30.3 Å². The van der Waals surface area contributed by atoms with Gasteiger partial charge in [0.05, 0.1) is 13.0 Å². The van der Waals surface area contributed by atoms with E-state index in [4.69, 9.17) is 52.1 Å². The third kappa shape index (κ3) is 11.2. The molecule has 59 heavy (non-hydrogen) atoms. The summed E-state index contributed by atoms with van der Waals surface area (Å²) in [5.74, 6) is -9.38. The minimum atomic E-state index is -2.51. The van der Waals surface area contributed by atoms with E-state index in [1.54, 1.807) is 44.2 Å². The van der Waals surface area contributed by atoms with Crippen molar-refractivity contribution in [3.63, 3.8) is 0 Å². The van der Waals surface area contributed by atoms with Gasteiger partial charge in [0.1, 0.15) is 43.7 Å². The van der Waals surface area contributed by atoms with E-state index in [0.29, 0.717) is 5.56 Å². The maximum absolute atomic E-state index is 14.4. The van der Waals surface area contributed by atoms with Gasteiger partial charge in [-0.3, -0.25) is 38.3 Å². The number of carbonyl (C=O) groups excluding carboxylic acids is 6. The second-order valence-corrected chi connectivity index (χ2v) is 14.3. The number of aromatic amines is 1. The van der Waals surface area contributed by atoms with Crippen molar-refractivity contribution in [1.29, 1.82) is 0 Å². The average Bonchev–Trinajstić information content (AvgIpc) is 3.78. The Hall–Kier alpha value is -5.48. The zero-order valence-corrected chi connectivity index (χ0v) is 33.3. The highest BCUT2D eigenvalue weighted by molar-refractivity contribution is 5.79. The van der Waals surface area contributed by atoms with Crippen LogP contribution in [-0.4, -0.2) is 119 Å². The molecule has 0 bridgehead atoms. The topological polar surface area (TPSA) is 259 Å². The van der Waals surface area contributed by atoms with Crippen LogP contribution in [0.3, 0.4) is 0 Å². The molecular weight excluding hydrogens is 788 g/mol. The van der Waals surface area contributed by atoms with Crippen molar-refractivity contribution in [2.24, 2.45) is 0 Å². The van der Waals surface area contributed by atoms with Crippen LogP contribution < -0.4 is 11.2 Å². The molecule has 1 aromatic heterocycles. The van der Waals surface area contributed by atoms with Crippen molar-refractivity contribution in [3.8, 4) is 0 Å². The predicted molar refractivity (Wildman–Crippen MR) is 192 cm³/mol. The number of hydrogen-bond acceptors (Lipinski definition) is 19. The van der Waals surface area contributed by atoms with E-state index in [1.165, 1.54) is 6.20 Å². The summed E-state index contributed by atoms with van der Waals surface area (Å²) in [6.45, 7) is 6.89. The monoisotopic (exact) mass is 834 g/mol. The number of rotatable bonds is 16. The molecule has 1 aromatic carbocycles. The minimum Gasteiger partial charge on any atom is -0.462 e. The van der Waals surface area contributed by atoms with Crippen LogP contribution in [0.4, 0.5) is 0 Å². The van der Waals surface area contributed by atoms with E-state index in [9.17, 15) is 38.4 Å². The van der Waals surface area contributed by atoms with E-state index in [2.05, 4.69) is 4.98 Å². The number of fused-ring (bicyclic) bond motifs is 1. The molecule has 0 saturated carbocycles. The zero-order chi connectivity index (χ0) is 43.2. The smallest absolute Gasteiger partial charge is 0.367 e. The summed E-state index contributed by atoms with van der Waals surface area (Å²) in [6.07, 6.45) is -12.1. The summed E-state index contributed by atoms with van der Waals surface area (Å²) >= 11 is 0. The number of carbonyl (C=O) groups is 6. The molecule has 0 radical (unpaired) electrons. The van der Waals surface area contributed by atoms with Gasteiger partial charge in [0.2, 0.25) is 0 Å². The molecule has 3 aliphatic heterocycles. The quantitative estimate of drug-likeness (QED) is 0.178. The number of aromatic nitrogens is 2. The summed E-state index contributed by atoms with van der Waals surface area (Å²) < 4.78 is 65.1. The SMILES string of the molecule is CC(=O)OC[C@@H](OC(C)=O)[C@@H](OC(C)=O)[C@H](OC(C)=O)[C@H]1OC(OC[C@H]2O[C@@H](n3ccc(=O)[nH]c3=O)[C@@H]3OC(C)(C)O[C@@H]32)(C(=O)OCc2ccccc2)C[C@@H]1OC(C)=O. The number of nitrogens with zero attached hydrogens (tertiary/aromatic N) is 1. The van der Waals surface area contributed by atoms with E-state index >= 15 is 0 Å². The Morgan fingerprint density at radius 1 is 0.814 bits per heavy atom. The van der Waals surface area contributed by atoms with Crippen LogP contribution in [-0.2, 0) is 87.5 Å². The Bertz CT molecular complexity index is 2000. The average molecular weight is 835 g/mol. The van der Waals surface area contributed by atoms with Gasteiger partial charge >= 0.3 is 41.5 Å². The van der Waals surface area contributed by atoms with Crippen molar-refractivity contribution in [2.45, 2.75) is 128 Å². The van der Waals surface area contributed by atoms with E-state index < -0.39 is 133 Å². The molecule has 4 heterocycles. The van der Waals surface area contributed by atoms with Crippen molar-refractivity contribution in [1.82, 2.24) is 9.55 Å². The number of esters is 6. The summed E-state index contributed by atoms with van der Waals surface area (Å²) in [5.41, 5.74) is -0.883. The maximum atomic E-state index is 14.4. The third-order valence-corrected chi connectivity index (χ3v) is 9.12.